The first-order valence-electron chi connectivity index (χ1n) is 9.81. The molecule has 3 amide bonds. The lowest BCUT2D eigenvalue weighted by Crippen LogP contribution is -2.51. The summed E-state index contributed by atoms with van der Waals surface area (Å²) in [6, 6.07) is 12.2. The van der Waals surface area contributed by atoms with Gasteiger partial charge in [0.05, 0.1) is 17.7 Å². The number of aliphatic carboxylic acids is 1. The van der Waals surface area contributed by atoms with Crippen LogP contribution in [0.4, 0.5) is 11.4 Å². The van der Waals surface area contributed by atoms with Gasteiger partial charge in [0.1, 0.15) is 12.6 Å². The number of benzene rings is 2. The first-order valence-corrected chi connectivity index (χ1v) is 9.81. The number of hydrogen-bond acceptors (Lipinski definition) is 5. The van der Waals surface area contributed by atoms with Gasteiger partial charge in [-0.05, 0) is 30.7 Å². The second-order valence-corrected chi connectivity index (χ2v) is 7.50. The average Bonchev–Trinajstić information content (AvgIpc) is 2.79. The third-order valence-corrected chi connectivity index (χ3v) is 4.95. The maximum absolute atomic E-state index is 13.3. The lowest BCUT2D eigenvalue weighted by molar-refractivity contribution is -0.137. The smallest absolute Gasteiger partial charge is 0.305 e. The van der Waals surface area contributed by atoms with Crippen LogP contribution < -0.4 is 16.4 Å². The minimum Gasteiger partial charge on any atom is -0.481 e. The molecular weight excluding hydrogens is 400 g/mol. The monoisotopic (exact) mass is 424 g/mol. The van der Waals surface area contributed by atoms with Gasteiger partial charge in [-0.2, -0.15) is 0 Å². The highest BCUT2D eigenvalue weighted by atomic mass is 16.4. The van der Waals surface area contributed by atoms with Gasteiger partial charge in [-0.25, -0.2) is 0 Å². The normalized spacial score (nSPS) is 16.7. The molecule has 0 unspecified atom stereocenters. The maximum Gasteiger partial charge on any atom is 0.305 e. The Bertz CT molecular complexity index is 1010. The summed E-state index contributed by atoms with van der Waals surface area (Å²) < 4.78 is 0. The molecular formula is C22H24N4O5. The molecule has 0 aromatic heterocycles. The number of anilines is 2. The molecule has 1 heterocycles. The molecule has 9 heteroatoms. The Labute approximate surface area is 179 Å². The molecule has 2 aromatic rings. The molecule has 162 valence electrons. The lowest BCUT2D eigenvalue weighted by atomic mass is 10.0. The molecule has 9 nitrogen and oxygen atoms in total. The maximum atomic E-state index is 13.3. The molecule has 1 aliphatic rings. The largest absolute Gasteiger partial charge is 0.481 e. The molecule has 2 aromatic carbocycles. The van der Waals surface area contributed by atoms with Gasteiger partial charge in [-0.3, -0.25) is 19.2 Å². The van der Waals surface area contributed by atoms with Gasteiger partial charge >= 0.3 is 5.97 Å². The number of nitrogens with zero attached hydrogens (tertiary/aromatic N) is 1. The van der Waals surface area contributed by atoms with Crippen LogP contribution in [0.25, 0.3) is 0 Å². The highest BCUT2D eigenvalue weighted by Crippen LogP contribution is 2.26. The van der Waals surface area contributed by atoms with E-state index in [-0.39, 0.29) is 18.4 Å². The topological polar surface area (TPSA) is 142 Å². The number of nitrogens with two attached hydrogens (primary N) is 1. The van der Waals surface area contributed by atoms with Crippen molar-refractivity contribution >= 4 is 35.1 Å². The van der Waals surface area contributed by atoms with Gasteiger partial charge in [-0.1, -0.05) is 30.3 Å². The van der Waals surface area contributed by atoms with Crippen molar-refractivity contribution in [1.82, 2.24) is 10.2 Å². The van der Waals surface area contributed by atoms with Gasteiger partial charge in [-0.15, -0.1) is 0 Å². The molecule has 3 rings (SSSR count). The van der Waals surface area contributed by atoms with Crippen molar-refractivity contribution in [2.45, 2.75) is 31.8 Å². The zero-order valence-corrected chi connectivity index (χ0v) is 17.0. The summed E-state index contributed by atoms with van der Waals surface area (Å²) in [5.41, 5.74) is 7.52. The fraction of sp³-hybridized carbons (Fsp3) is 0.273. The number of carboxylic acid groups (broad SMARTS) is 1. The van der Waals surface area contributed by atoms with Gasteiger partial charge < -0.3 is 26.4 Å². The van der Waals surface area contributed by atoms with Crippen LogP contribution >= 0.6 is 0 Å². The number of carboxylic acids is 1. The molecule has 0 bridgehead atoms. The van der Waals surface area contributed by atoms with Crippen molar-refractivity contribution in [3.05, 3.63) is 59.7 Å². The standard InChI is InChI=1S/C22H24N4O5/c1-13(9-20(28)29)24-19(27)12-26-18(10-14-5-3-2-4-6-14)21(30)25-17-8-7-15(23)11-16(17)22(26)31/h2-8,11,13,18H,9-10,12,23H2,1H3,(H,24,27)(H,25,30)(H,28,29)/t13-,18-/m0/s1. The molecule has 1 aliphatic heterocycles. The predicted molar refractivity (Wildman–Crippen MR) is 114 cm³/mol. The number of rotatable bonds is 7. The van der Waals surface area contributed by atoms with Crippen molar-refractivity contribution < 1.29 is 24.3 Å². The van der Waals surface area contributed by atoms with Crippen molar-refractivity contribution in [1.29, 1.82) is 0 Å². The zero-order chi connectivity index (χ0) is 22.5. The van der Waals surface area contributed by atoms with E-state index in [2.05, 4.69) is 10.6 Å². The van der Waals surface area contributed by atoms with Crippen LogP contribution in [-0.4, -0.2) is 52.3 Å². The van der Waals surface area contributed by atoms with Crippen LogP contribution in [0.5, 0.6) is 0 Å². The molecule has 0 spiro atoms. The number of nitrogen functional groups attached to an aromatic ring is 1. The fourth-order valence-electron chi connectivity index (χ4n) is 3.51. The number of carbonyl (C=O) groups excluding carboxylic acids is 3. The summed E-state index contributed by atoms with van der Waals surface area (Å²) in [5.74, 6) is -2.54. The molecule has 5 N–H and O–H groups in total. The van der Waals surface area contributed by atoms with Crippen molar-refractivity contribution in [2.24, 2.45) is 0 Å². The molecule has 0 saturated heterocycles. The molecule has 31 heavy (non-hydrogen) atoms. The van der Waals surface area contributed by atoms with Crippen LogP contribution in [0.2, 0.25) is 0 Å². The van der Waals surface area contributed by atoms with E-state index < -0.39 is 42.3 Å². The minimum atomic E-state index is -1.05. The Morgan fingerprint density at radius 2 is 1.90 bits per heavy atom. The summed E-state index contributed by atoms with van der Waals surface area (Å²) in [5, 5.41) is 14.2. The van der Waals surface area contributed by atoms with Gasteiger partial charge in [0.15, 0.2) is 0 Å². The van der Waals surface area contributed by atoms with Gasteiger partial charge in [0.2, 0.25) is 11.8 Å². The molecule has 0 fully saturated rings. The summed E-state index contributed by atoms with van der Waals surface area (Å²) in [6.07, 6.45) is -0.0488. The second-order valence-electron chi connectivity index (χ2n) is 7.50. The van der Waals surface area contributed by atoms with E-state index in [1.54, 1.807) is 19.1 Å². The molecule has 2 atom stereocenters. The Balaban J connectivity index is 1.91. The van der Waals surface area contributed by atoms with Crippen LogP contribution in [-0.2, 0) is 20.8 Å². The molecule has 0 aliphatic carbocycles. The van der Waals surface area contributed by atoms with Crippen molar-refractivity contribution in [3.63, 3.8) is 0 Å². The number of carbonyl (C=O) groups is 4. The van der Waals surface area contributed by atoms with Gasteiger partial charge in [0, 0.05) is 18.2 Å². The van der Waals surface area contributed by atoms with Crippen LogP contribution in [0, 0.1) is 0 Å². The first kappa shape index (κ1) is 21.8. The number of hydrogen-bond donors (Lipinski definition) is 4. The van der Waals surface area contributed by atoms with Crippen molar-refractivity contribution in [3.8, 4) is 0 Å². The van der Waals surface area contributed by atoms with Crippen LogP contribution in [0.1, 0.15) is 29.3 Å². The SMILES string of the molecule is C[C@@H](CC(=O)O)NC(=O)CN1C(=O)c2cc(N)ccc2NC(=O)[C@@H]1Cc1ccccc1. The Morgan fingerprint density at radius 3 is 2.58 bits per heavy atom. The summed E-state index contributed by atoms with van der Waals surface area (Å²) in [7, 11) is 0. The first-order chi connectivity index (χ1) is 14.7. The van der Waals surface area contributed by atoms with E-state index in [9.17, 15) is 19.2 Å². The van der Waals surface area contributed by atoms with E-state index in [4.69, 9.17) is 10.8 Å². The summed E-state index contributed by atoms with van der Waals surface area (Å²) in [6.45, 7) is 1.16. The van der Waals surface area contributed by atoms with Crippen LogP contribution in [0.3, 0.4) is 0 Å². The fourth-order valence-corrected chi connectivity index (χ4v) is 3.51. The second kappa shape index (κ2) is 9.29. The van der Waals surface area contributed by atoms with E-state index in [1.807, 2.05) is 30.3 Å². The predicted octanol–water partition coefficient (Wildman–Crippen LogP) is 1.25. The summed E-state index contributed by atoms with van der Waals surface area (Å²) in [4.78, 5) is 51.0. The van der Waals surface area contributed by atoms with Gasteiger partial charge in [0.25, 0.3) is 5.91 Å². The number of nitrogens with one attached hydrogen (secondary N) is 2. The lowest BCUT2D eigenvalue weighted by Gasteiger charge is -2.28. The number of fused-ring (bicyclic) bond motifs is 1. The quantitative estimate of drug-likeness (QED) is 0.493. The number of amides is 3. The highest BCUT2D eigenvalue weighted by molar-refractivity contribution is 6.11. The Kier molecular flexibility index (Phi) is 6.54. The van der Waals surface area contributed by atoms with Crippen molar-refractivity contribution in [2.75, 3.05) is 17.6 Å². The molecule has 0 radical (unpaired) electrons. The van der Waals surface area contributed by atoms with Crippen LogP contribution in [0.15, 0.2) is 48.5 Å². The average molecular weight is 424 g/mol. The third-order valence-electron chi connectivity index (χ3n) is 4.95. The van der Waals surface area contributed by atoms with E-state index in [0.29, 0.717) is 11.4 Å². The minimum absolute atomic E-state index is 0.190. The molecule has 0 saturated carbocycles. The Morgan fingerprint density at radius 1 is 1.19 bits per heavy atom. The third kappa shape index (κ3) is 5.39. The van der Waals surface area contributed by atoms with E-state index in [1.165, 1.54) is 11.0 Å². The zero-order valence-electron chi connectivity index (χ0n) is 17.0. The highest BCUT2D eigenvalue weighted by Gasteiger charge is 2.36. The van der Waals surface area contributed by atoms with E-state index in [0.717, 1.165) is 5.56 Å². The summed E-state index contributed by atoms with van der Waals surface area (Å²) >= 11 is 0. The van der Waals surface area contributed by atoms with E-state index >= 15 is 0 Å². The Hall–Kier alpha value is -3.88.